The fourth-order valence-electron chi connectivity index (χ4n) is 1.27. The predicted molar refractivity (Wildman–Crippen MR) is 59.1 cm³/mol. The third kappa shape index (κ3) is 2.34. The van der Waals surface area contributed by atoms with Crippen molar-refractivity contribution in [1.82, 2.24) is 0 Å². The van der Waals surface area contributed by atoms with Crippen molar-refractivity contribution in [1.29, 1.82) is 0 Å². The van der Waals surface area contributed by atoms with Crippen LogP contribution in [0.1, 0.15) is 38.8 Å². The van der Waals surface area contributed by atoms with Gasteiger partial charge in [-0.05, 0) is 23.5 Å². The topological polar surface area (TPSA) is 32.6 Å². The Bertz CT molecular complexity index is 330. The van der Waals surface area contributed by atoms with Gasteiger partial charge in [0, 0.05) is 0 Å². The first kappa shape index (κ1) is 10.8. The van der Waals surface area contributed by atoms with E-state index in [1.807, 2.05) is 12.1 Å². The quantitative estimate of drug-likeness (QED) is 0.412. The molecule has 0 fully saturated rings. The largest absolute Gasteiger partial charge is 0.411 e. The monoisotopic (exact) mass is 191 g/mol. The zero-order valence-electron chi connectivity index (χ0n) is 9.20. The van der Waals surface area contributed by atoms with Gasteiger partial charge in [-0.25, -0.2) is 0 Å². The van der Waals surface area contributed by atoms with Crippen molar-refractivity contribution >= 4 is 5.71 Å². The number of nitrogens with zero attached hydrogens (tertiary/aromatic N) is 1. The maximum Gasteiger partial charge on any atom is 0.0836 e. The number of hydrogen-bond acceptors (Lipinski definition) is 2. The van der Waals surface area contributed by atoms with Crippen molar-refractivity contribution in [3.05, 3.63) is 35.4 Å². The summed E-state index contributed by atoms with van der Waals surface area (Å²) in [4.78, 5) is 0. The van der Waals surface area contributed by atoms with Crippen LogP contribution in [0.15, 0.2) is 29.4 Å². The van der Waals surface area contributed by atoms with Crippen LogP contribution >= 0.6 is 0 Å². The second-order valence-corrected chi connectivity index (χ2v) is 4.51. The predicted octanol–water partition coefficient (Wildman–Crippen LogP) is 3.18. The zero-order valence-corrected chi connectivity index (χ0v) is 9.20. The molecule has 1 N–H and O–H groups in total. The average Bonchev–Trinajstić information content (AvgIpc) is 2.15. The van der Waals surface area contributed by atoms with Crippen molar-refractivity contribution in [3.63, 3.8) is 0 Å². The van der Waals surface area contributed by atoms with Gasteiger partial charge >= 0.3 is 0 Å². The molecule has 0 aliphatic heterocycles. The molecule has 0 aliphatic carbocycles. The van der Waals surface area contributed by atoms with E-state index in [1.165, 1.54) is 5.56 Å². The van der Waals surface area contributed by atoms with Crippen LogP contribution in [0.5, 0.6) is 0 Å². The third-order valence-corrected chi connectivity index (χ3v) is 2.32. The Morgan fingerprint density at radius 1 is 1.14 bits per heavy atom. The molecule has 0 saturated heterocycles. The smallest absolute Gasteiger partial charge is 0.0836 e. The molecular formula is C12H17NO. The highest BCUT2D eigenvalue weighted by atomic mass is 16.4. The second-order valence-electron chi connectivity index (χ2n) is 4.51. The summed E-state index contributed by atoms with van der Waals surface area (Å²) in [6, 6.07) is 8.11. The van der Waals surface area contributed by atoms with Crippen LogP contribution in [0, 0.1) is 0 Å². The van der Waals surface area contributed by atoms with Crippen LogP contribution in [0.4, 0.5) is 0 Å². The maximum atomic E-state index is 8.61. The highest BCUT2D eigenvalue weighted by Crippen LogP contribution is 2.22. The minimum absolute atomic E-state index is 0.169. The summed E-state index contributed by atoms with van der Waals surface area (Å²) in [5.74, 6) is 0. The maximum absolute atomic E-state index is 8.61. The molecule has 1 rings (SSSR count). The van der Waals surface area contributed by atoms with Gasteiger partial charge in [-0.1, -0.05) is 50.2 Å². The van der Waals surface area contributed by atoms with Crippen LogP contribution < -0.4 is 0 Å². The molecule has 76 valence electrons. The van der Waals surface area contributed by atoms with E-state index in [1.54, 1.807) is 6.92 Å². The summed E-state index contributed by atoms with van der Waals surface area (Å²) in [6.45, 7) is 8.31. The second kappa shape index (κ2) is 3.82. The molecule has 0 heterocycles. The molecule has 0 aliphatic rings. The van der Waals surface area contributed by atoms with E-state index in [2.05, 4.69) is 38.1 Å². The molecule has 1 aromatic carbocycles. The summed E-state index contributed by atoms with van der Waals surface area (Å²) in [6.07, 6.45) is 0. The summed E-state index contributed by atoms with van der Waals surface area (Å²) in [5, 5.41) is 11.8. The van der Waals surface area contributed by atoms with Crippen molar-refractivity contribution in [2.24, 2.45) is 5.16 Å². The van der Waals surface area contributed by atoms with E-state index in [0.717, 1.165) is 5.56 Å². The van der Waals surface area contributed by atoms with Gasteiger partial charge < -0.3 is 5.21 Å². The Balaban J connectivity index is 3.01. The molecule has 0 atom stereocenters. The molecule has 0 spiro atoms. The molecule has 2 heteroatoms. The van der Waals surface area contributed by atoms with E-state index in [0.29, 0.717) is 5.71 Å². The minimum atomic E-state index is 0.169. The summed E-state index contributed by atoms with van der Waals surface area (Å²) >= 11 is 0. The van der Waals surface area contributed by atoms with Crippen molar-refractivity contribution < 1.29 is 5.21 Å². The molecule has 1 aromatic rings. The van der Waals surface area contributed by atoms with Gasteiger partial charge in [0.1, 0.15) is 0 Å². The Labute approximate surface area is 85.3 Å². The lowest BCUT2D eigenvalue weighted by atomic mass is 9.86. The first-order valence-electron chi connectivity index (χ1n) is 4.74. The van der Waals surface area contributed by atoms with Gasteiger partial charge in [-0.15, -0.1) is 0 Å². The fraction of sp³-hybridized carbons (Fsp3) is 0.417. The van der Waals surface area contributed by atoms with Gasteiger partial charge in [0.25, 0.3) is 0 Å². The van der Waals surface area contributed by atoms with Gasteiger partial charge in [0.15, 0.2) is 0 Å². The third-order valence-electron chi connectivity index (χ3n) is 2.32. The minimum Gasteiger partial charge on any atom is -0.411 e. The van der Waals surface area contributed by atoms with E-state index >= 15 is 0 Å². The molecule has 2 nitrogen and oxygen atoms in total. The van der Waals surface area contributed by atoms with Gasteiger partial charge in [0.2, 0.25) is 0 Å². The Kier molecular flexibility index (Phi) is 2.94. The van der Waals surface area contributed by atoms with E-state index in [9.17, 15) is 0 Å². The normalized spacial score (nSPS) is 13.0. The number of oxime groups is 1. The molecule has 0 radical (unpaired) electrons. The van der Waals surface area contributed by atoms with E-state index in [-0.39, 0.29) is 5.41 Å². The number of rotatable bonds is 1. The van der Waals surface area contributed by atoms with Crippen molar-refractivity contribution in [2.45, 2.75) is 33.1 Å². The Morgan fingerprint density at radius 2 is 1.64 bits per heavy atom. The summed E-state index contributed by atoms with van der Waals surface area (Å²) in [7, 11) is 0. The zero-order chi connectivity index (χ0) is 10.8. The van der Waals surface area contributed by atoms with Gasteiger partial charge in [0.05, 0.1) is 5.71 Å². The van der Waals surface area contributed by atoms with E-state index in [4.69, 9.17) is 5.21 Å². The number of benzene rings is 1. The highest BCUT2D eigenvalue weighted by Gasteiger charge is 2.12. The standard InChI is InChI=1S/C12H17NO/c1-9(13-14)10-5-7-11(8-6-10)12(2,3)4/h5-8,14H,1-4H3/b13-9-. The molecule has 0 amide bonds. The lowest BCUT2D eigenvalue weighted by molar-refractivity contribution is 0.319. The number of hydrogen-bond donors (Lipinski definition) is 1. The van der Waals surface area contributed by atoms with Crippen LogP contribution in [-0.2, 0) is 5.41 Å². The molecule has 14 heavy (non-hydrogen) atoms. The lowest BCUT2D eigenvalue weighted by Gasteiger charge is -2.18. The Morgan fingerprint density at radius 3 is 2.00 bits per heavy atom. The highest BCUT2D eigenvalue weighted by molar-refractivity contribution is 5.98. The molecular weight excluding hydrogens is 174 g/mol. The Hall–Kier alpha value is -1.31. The first-order valence-corrected chi connectivity index (χ1v) is 4.74. The van der Waals surface area contributed by atoms with Gasteiger partial charge in [-0.2, -0.15) is 0 Å². The summed E-state index contributed by atoms with van der Waals surface area (Å²) < 4.78 is 0. The van der Waals surface area contributed by atoms with Crippen LogP contribution in [0.3, 0.4) is 0 Å². The average molecular weight is 191 g/mol. The van der Waals surface area contributed by atoms with Crippen LogP contribution in [-0.4, -0.2) is 10.9 Å². The molecule has 0 saturated carbocycles. The molecule has 0 unspecified atom stereocenters. The molecule has 0 aromatic heterocycles. The van der Waals surface area contributed by atoms with Crippen LogP contribution in [0.25, 0.3) is 0 Å². The first-order chi connectivity index (χ1) is 6.45. The molecule has 0 bridgehead atoms. The van der Waals surface area contributed by atoms with Crippen LogP contribution in [0.2, 0.25) is 0 Å². The van der Waals surface area contributed by atoms with Gasteiger partial charge in [-0.3, -0.25) is 0 Å². The van der Waals surface area contributed by atoms with Crippen molar-refractivity contribution in [2.75, 3.05) is 0 Å². The van der Waals surface area contributed by atoms with E-state index < -0.39 is 0 Å². The fourth-order valence-corrected chi connectivity index (χ4v) is 1.27. The summed E-state index contributed by atoms with van der Waals surface area (Å²) in [5.41, 5.74) is 3.06. The SMILES string of the molecule is C/C(=N/O)c1ccc(C(C)(C)C)cc1. The lowest BCUT2D eigenvalue weighted by Crippen LogP contribution is -2.11. The van der Waals surface area contributed by atoms with Crippen molar-refractivity contribution in [3.8, 4) is 0 Å².